The average Bonchev–Trinajstić information content (AvgIpc) is 3.21. The summed E-state index contributed by atoms with van der Waals surface area (Å²) >= 11 is 0. The van der Waals surface area contributed by atoms with E-state index in [1.807, 2.05) is 33.8 Å². The fraction of sp³-hybridized carbons (Fsp3) is 0.500. The molecule has 0 aliphatic carbocycles. The molecule has 3 amide bonds. The van der Waals surface area contributed by atoms with Crippen LogP contribution in [-0.2, 0) is 19.4 Å². The van der Waals surface area contributed by atoms with Gasteiger partial charge in [0.15, 0.2) is 5.69 Å². The zero-order chi connectivity index (χ0) is 20.1. The summed E-state index contributed by atoms with van der Waals surface area (Å²) < 4.78 is 1.97. The highest BCUT2D eigenvalue weighted by molar-refractivity contribution is 5.92. The highest BCUT2D eigenvalue weighted by Crippen LogP contribution is 2.17. The van der Waals surface area contributed by atoms with Gasteiger partial charge >= 0.3 is 6.03 Å². The predicted octanol–water partition coefficient (Wildman–Crippen LogP) is 2.32. The lowest BCUT2D eigenvalue weighted by Gasteiger charge is -2.34. The maximum Gasteiger partial charge on any atom is 0.317 e. The number of piperazine rings is 1. The quantitative estimate of drug-likeness (QED) is 0.790. The minimum Gasteiger partial charge on any atom is -0.338 e. The average molecular weight is 396 g/mol. The second-order valence-corrected chi connectivity index (χ2v) is 7.80. The monoisotopic (exact) mass is 395 g/mol. The lowest BCUT2D eigenvalue weighted by Crippen LogP contribution is -2.53. The van der Waals surface area contributed by atoms with Crippen LogP contribution in [0.2, 0.25) is 0 Å². The molecule has 0 bridgehead atoms. The van der Waals surface area contributed by atoms with E-state index >= 15 is 0 Å². The molecule has 7 nitrogen and oxygen atoms in total. The number of hydrogen-bond acceptors (Lipinski definition) is 3. The first-order valence-electron chi connectivity index (χ1n) is 10.6. The van der Waals surface area contributed by atoms with Crippen molar-refractivity contribution < 1.29 is 9.59 Å². The summed E-state index contributed by atoms with van der Waals surface area (Å²) in [4.78, 5) is 28.8. The van der Waals surface area contributed by atoms with Gasteiger partial charge in [-0.05, 0) is 43.7 Å². The van der Waals surface area contributed by atoms with Crippen LogP contribution in [0.1, 0.15) is 41.0 Å². The summed E-state index contributed by atoms with van der Waals surface area (Å²) in [6, 6.07) is 12.2. The van der Waals surface area contributed by atoms with E-state index in [0.717, 1.165) is 37.9 Å². The van der Waals surface area contributed by atoms with Crippen LogP contribution >= 0.6 is 0 Å². The number of carbonyl (C=O) groups excluding carboxylic acids is 2. The number of nitrogens with zero attached hydrogens (tertiary/aromatic N) is 4. The smallest absolute Gasteiger partial charge is 0.317 e. The summed E-state index contributed by atoms with van der Waals surface area (Å²) in [5.74, 6) is -0.0187. The third-order valence-electron chi connectivity index (χ3n) is 5.75. The predicted molar refractivity (Wildman–Crippen MR) is 111 cm³/mol. The van der Waals surface area contributed by atoms with Crippen LogP contribution in [0, 0.1) is 0 Å². The fourth-order valence-corrected chi connectivity index (χ4v) is 4.04. The SMILES string of the molecule is O=C(NCCCc1ccccc1)N1CCN(C(=O)c2cc3n(n2)CCCC3)CC1. The minimum absolute atomic E-state index is 0.0187. The van der Waals surface area contributed by atoms with Gasteiger partial charge in [0.25, 0.3) is 5.91 Å². The number of carbonyl (C=O) groups is 2. The van der Waals surface area contributed by atoms with E-state index in [1.165, 1.54) is 12.0 Å². The van der Waals surface area contributed by atoms with Crippen molar-refractivity contribution in [2.75, 3.05) is 32.7 Å². The van der Waals surface area contributed by atoms with Gasteiger partial charge in [0.2, 0.25) is 0 Å². The number of fused-ring (bicyclic) bond motifs is 1. The molecule has 1 aromatic carbocycles. The van der Waals surface area contributed by atoms with E-state index < -0.39 is 0 Å². The molecule has 0 spiro atoms. The lowest BCUT2D eigenvalue weighted by atomic mass is 10.1. The Hall–Kier alpha value is -2.83. The number of hydrogen-bond donors (Lipinski definition) is 1. The first-order valence-corrected chi connectivity index (χ1v) is 10.6. The number of amides is 3. The summed E-state index contributed by atoms with van der Waals surface area (Å²) in [5.41, 5.74) is 2.99. The van der Waals surface area contributed by atoms with Crippen molar-refractivity contribution in [1.82, 2.24) is 24.9 Å². The van der Waals surface area contributed by atoms with Crippen molar-refractivity contribution in [3.8, 4) is 0 Å². The van der Waals surface area contributed by atoms with Crippen LogP contribution < -0.4 is 5.32 Å². The molecule has 0 atom stereocenters. The van der Waals surface area contributed by atoms with Crippen molar-refractivity contribution >= 4 is 11.9 Å². The summed E-state index contributed by atoms with van der Waals surface area (Å²) in [7, 11) is 0. The Kier molecular flexibility index (Phi) is 6.12. The van der Waals surface area contributed by atoms with E-state index in [-0.39, 0.29) is 11.9 Å². The van der Waals surface area contributed by atoms with Crippen LogP contribution in [0.5, 0.6) is 0 Å². The van der Waals surface area contributed by atoms with Gasteiger partial charge in [-0.15, -0.1) is 0 Å². The molecule has 0 radical (unpaired) electrons. The Bertz CT molecular complexity index is 817. The van der Waals surface area contributed by atoms with Crippen LogP contribution in [0.4, 0.5) is 4.79 Å². The van der Waals surface area contributed by atoms with Gasteiger partial charge in [-0.1, -0.05) is 30.3 Å². The molecule has 7 heteroatoms. The molecule has 0 saturated carbocycles. The lowest BCUT2D eigenvalue weighted by molar-refractivity contribution is 0.0658. The molecular weight excluding hydrogens is 366 g/mol. The molecule has 1 fully saturated rings. The fourth-order valence-electron chi connectivity index (χ4n) is 4.04. The number of nitrogens with one attached hydrogen (secondary N) is 1. The molecule has 2 aromatic rings. The molecule has 1 aromatic heterocycles. The van der Waals surface area contributed by atoms with E-state index in [9.17, 15) is 9.59 Å². The summed E-state index contributed by atoms with van der Waals surface area (Å²) in [6.45, 7) is 3.79. The third kappa shape index (κ3) is 4.78. The Labute approximate surface area is 171 Å². The van der Waals surface area contributed by atoms with Crippen molar-refractivity contribution in [3.05, 3.63) is 53.3 Å². The zero-order valence-electron chi connectivity index (χ0n) is 16.8. The van der Waals surface area contributed by atoms with Crippen molar-refractivity contribution in [1.29, 1.82) is 0 Å². The molecule has 1 N–H and O–H groups in total. The van der Waals surface area contributed by atoms with E-state index in [0.29, 0.717) is 38.4 Å². The van der Waals surface area contributed by atoms with Crippen LogP contribution in [0.15, 0.2) is 36.4 Å². The van der Waals surface area contributed by atoms with Gasteiger partial charge in [0, 0.05) is 45.0 Å². The van der Waals surface area contributed by atoms with Gasteiger partial charge < -0.3 is 15.1 Å². The number of aromatic nitrogens is 2. The summed E-state index contributed by atoms with van der Waals surface area (Å²) in [5, 5.41) is 7.49. The first kappa shape index (κ1) is 19.5. The topological polar surface area (TPSA) is 70.5 Å². The van der Waals surface area contributed by atoms with Crippen LogP contribution in [-0.4, -0.2) is 64.2 Å². The van der Waals surface area contributed by atoms with Crippen molar-refractivity contribution in [2.45, 2.75) is 38.6 Å². The molecule has 2 aliphatic rings. The van der Waals surface area contributed by atoms with Gasteiger partial charge in [0.1, 0.15) is 0 Å². The largest absolute Gasteiger partial charge is 0.338 e. The highest BCUT2D eigenvalue weighted by Gasteiger charge is 2.27. The molecule has 4 rings (SSSR count). The van der Waals surface area contributed by atoms with Gasteiger partial charge in [-0.2, -0.15) is 5.10 Å². The number of rotatable bonds is 5. The number of aryl methyl sites for hydroxylation is 3. The molecule has 29 heavy (non-hydrogen) atoms. The normalized spacial score (nSPS) is 16.4. The second kappa shape index (κ2) is 9.11. The third-order valence-corrected chi connectivity index (χ3v) is 5.75. The van der Waals surface area contributed by atoms with Crippen molar-refractivity contribution in [3.63, 3.8) is 0 Å². The Balaban J connectivity index is 1.20. The van der Waals surface area contributed by atoms with Crippen LogP contribution in [0.3, 0.4) is 0 Å². The van der Waals surface area contributed by atoms with Crippen LogP contribution in [0.25, 0.3) is 0 Å². The Morgan fingerprint density at radius 3 is 2.48 bits per heavy atom. The number of benzene rings is 1. The van der Waals surface area contributed by atoms with Gasteiger partial charge in [0.05, 0.1) is 0 Å². The van der Waals surface area contributed by atoms with E-state index in [1.54, 1.807) is 4.90 Å². The molecule has 3 heterocycles. The molecule has 0 unspecified atom stereocenters. The second-order valence-electron chi connectivity index (χ2n) is 7.80. The van der Waals surface area contributed by atoms with E-state index in [4.69, 9.17) is 0 Å². The summed E-state index contributed by atoms with van der Waals surface area (Å²) in [6.07, 6.45) is 5.16. The zero-order valence-corrected chi connectivity index (χ0v) is 16.8. The van der Waals surface area contributed by atoms with Crippen molar-refractivity contribution in [2.24, 2.45) is 0 Å². The maximum atomic E-state index is 12.8. The Morgan fingerprint density at radius 2 is 1.72 bits per heavy atom. The highest BCUT2D eigenvalue weighted by atomic mass is 16.2. The Morgan fingerprint density at radius 1 is 0.966 bits per heavy atom. The maximum absolute atomic E-state index is 12.8. The number of urea groups is 1. The standard InChI is InChI=1S/C22H29N5O2/c28-21(20-17-19-10-4-5-12-27(19)24-20)25-13-15-26(16-14-25)22(29)23-11-6-9-18-7-2-1-3-8-18/h1-3,7-8,17H,4-6,9-16H2,(H,23,29). The molecule has 2 aliphatic heterocycles. The molecule has 154 valence electrons. The van der Waals surface area contributed by atoms with Gasteiger partial charge in [-0.3, -0.25) is 9.48 Å². The molecule has 1 saturated heterocycles. The first-order chi connectivity index (χ1) is 14.2. The molecular formula is C22H29N5O2. The minimum atomic E-state index is -0.0392. The van der Waals surface area contributed by atoms with Gasteiger partial charge in [-0.25, -0.2) is 4.79 Å². The van der Waals surface area contributed by atoms with E-state index in [2.05, 4.69) is 22.5 Å².